The lowest BCUT2D eigenvalue weighted by Gasteiger charge is -2.33. The zero-order valence-corrected chi connectivity index (χ0v) is 14.2. The normalized spacial score (nSPS) is 15.3. The number of aliphatic hydroxyl groups is 1. The number of carbonyl (C=O) groups is 2. The van der Waals surface area contributed by atoms with Gasteiger partial charge in [-0.15, -0.1) is 0 Å². The number of hydrogen-bond donors (Lipinski definition) is 2. The van der Waals surface area contributed by atoms with Crippen LogP contribution in [-0.4, -0.2) is 59.7 Å². The third kappa shape index (κ3) is 9.47. The zero-order valence-electron chi connectivity index (χ0n) is 14.2. The van der Waals surface area contributed by atoms with E-state index < -0.39 is 23.8 Å². The molecule has 2 N–H and O–H groups in total. The maximum Gasteiger partial charge on any atom is 0.307 e. The molecular formula is C17H30NO4+. The van der Waals surface area contributed by atoms with Crippen molar-refractivity contribution in [2.24, 2.45) is 0 Å². The number of likely N-dealkylation sites (N-methyl/N-ethyl adjacent to an activating group) is 1. The summed E-state index contributed by atoms with van der Waals surface area (Å²) in [6, 6.07) is 0. The fraction of sp³-hybridized carbons (Fsp3) is 0.647. The summed E-state index contributed by atoms with van der Waals surface area (Å²) in [6.45, 7) is 2.18. The second kappa shape index (κ2) is 9.54. The molecule has 0 aliphatic carbocycles. The molecule has 0 amide bonds. The van der Waals surface area contributed by atoms with Gasteiger partial charge in [-0.05, 0) is 18.9 Å². The van der Waals surface area contributed by atoms with Gasteiger partial charge in [0.05, 0.1) is 27.6 Å². The molecule has 0 aromatic rings. The predicted molar refractivity (Wildman–Crippen MR) is 87.5 cm³/mol. The minimum absolute atomic E-state index is 0.0443. The first-order valence-corrected chi connectivity index (χ1v) is 7.73. The summed E-state index contributed by atoms with van der Waals surface area (Å²) in [7, 11) is 5.41. The third-order valence-electron chi connectivity index (χ3n) is 3.11. The summed E-state index contributed by atoms with van der Waals surface area (Å²) in [4.78, 5) is 23.1. The Bertz CT molecular complexity index is 421. The molecule has 0 saturated heterocycles. The standard InChI is InChI=1S/C17H29NO4/c1-5-6-7-8-9-10-11-12-15(19)17(22,13-16(20)21)14-18(2,3)4/h9-12,22H,5-8,13-14H2,1-4H3/p+1/b10-9+,12-11-. The molecule has 1 unspecified atom stereocenters. The molecule has 0 rings (SSSR count). The molecule has 0 spiro atoms. The van der Waals surface area contributed by atoms with Crippen molar-refractivity contribution in [3.8, 4) is 0 Å². The molecule has 5 heteroatoms. The molecule has 0 aliphatic rings. The maximum atomic E-state index is 12.2. The van der Waals surface area contributed by atoms with Gasteiger partial charge < -0.3 is 14.7 Å². The highest BCUT2D eigenvalue weighted by molar-refractivity contribution is 5.99. The average Bonchev–Trinajstić information content (AvgIpc) is 2.34. The molecule has 0 saturated carbocycles. The van der Waals surface area contributed by atoms with Crippen molar-refractivity contribution in [1.82, 2.24) is 0 Å². The highest BCUT2D eigenvalue weighted by Crippen LogP contribution is 2.17. The van der Waals surface area contributed by atoms with Gasteiger partial charge in [0.2, 0.25) is 0 Å². The van der Waals surface area contributed by atoms with E-state index in [0.717, 1.165) is 19.3 Å². The fourth-order valence-corrected chi connectivity index (χ4v) is 2.24. The van der Waals surface area contributed by atoms with Crippen molar-refractivity contribution < 1.29 is 24.3 Å². The summed E-state index contributed by atoms with van der Waals surface area (Å²) in [5.74, 6) is -1.76. The van der Waals surface area contributed by atoms with Gasteiger partial charge in [-0.2, -0.15) is 0 Å². The highest BCUT2D eigenvalue weighted by Gasteiger charge is 2.41. The number of hydrogen-bond acceptors (Lipinski definition) is 3. The van der Waals surface area contributed by atoms with Gasteiger partial charge in [-0.1, -0.05) is 38.0 Å². The van der Waals surface area contributed by atoms with E-state index in [9.17, 15) is 14.7 Å². The van der Waals surface area contributed by atoms with Crippen LogP contribution in [0.5, 0.6) is 0 Å². The number of carboxylic acid groups (broad SMARTS) is 1. The van der Waals surface area contributed by atoms with Crippen molar-refractivity contribution in [3.05, 3.63) is 24.3 Å². The Kier molecular flexibility index (Phi) is 8.90. The van der Waals surface area contributed by atoms with Crippen LogP contribution in [0, 0.1) is 0 Å². The number of quaternary nitrogens is 1. The number of allylic oxidation sites excluding steroid dienone is 3. The lowest BCUT2D eigenvalue weighted by molar-refractivity contribution is -0.875. The quantitative estimate of drug-likeness (QED) is 0.265. The largest absolute Gasteiger partial charge is 0.481 e. The van der Waals surface area contributed by atoms with Crippen LogP contribution in [0.3, 0.4) is 0 Å². The van der Waals surface area contributed by atoms with Crippen LogP contribution < -0.4 is 0 Å². The molecule has 0 bridgehead atoms. The van der Waals surface area contributed by atoms with E-state index in [1.807, 2.05) is 6.08 Å². The van der Waals surface area contributed by atoms with Crippen LogP contribution in [0.25, 0.3) is 0 Å². The number of ketones is 1. The molecule has 1 atom stereocenters. The molecule has 0 aliphatic heterocycles. The molecule has 0 aromatic carbocycles. The van der Waals surface area contributed by atoms with E-state index in [2.05, 4.69) is 6.92 Å². The lowest BCUT2D eigenvalue weighted by atomic mass is 9.92. The van der Waals surface area contributed by atoms with Crippen LogP contribution in [0.15, 0.2) is 24.3 Å². The van der Waals surface area contributed by atoms with E-state index in [0.29, 0.717) is 4.48 Å². The number of carbonyl (C=O) groups excluding carboxylic acids is 1. The molecule has 0 heterocycles. The van der Waals surface area contributed by atoms with Crippen LogP contribution in [-0.2, 0) is 9.59 Å². The Labute approximate surface area is 133 Å². The van der Waals surface area contributed by atoms with Gasteiger partial charge in [0, 0.05) is 0 Å². The van der Waals surface area contributed by atoms with Crippen molar-refractivity contribution in [1.29, 1.82) is 0 Å². The van der Waals surface area contributed by atoms with Crippen molar-refractivity contribution in [2.45, 2.75) is 44.6 Å². The summed E-state index contributed by atoms with van der Waals surface area (Å²) in [6.07, 6.45) is 10.4. The van der Waals surface area contributed by atoms with Gasteiger partial charge >= 0.3 is 5.97 Å². The SMILES string of the molecule is CCCCC/C=C/C=C\C(=O)C(O)(CC(=O)O)C[N+](C)(C)C. The van der Waals surface area contributed by atoms with Gasteiger partial charge in [0.15, 0.2) is 11.4 Å². The van der Waals surface area contributed by atoms with Gasteiger partial charge in [-0.3, -0.25) is 9.59 Å². The summed E-state index contributed by atoms with van der Waals surface area (Å²) < 4.78 is 0.302. The first-order valence-electron chi connectivity index (χ1n) is 7.73. The van der Waals surface area contributed by atoms with E-state index in [1.165, 1.54) is 12.5 Å². The Morgan fingerprint density at radius 1 is 1.14 bits per heavy atom. The topological polar surface area (TPSA) is 74.6 Å². The lowest BCUT2D eigenvalue weighted by Crippen LogP contribution is -2.54. The van der Waals surface area contributed by atoms with Crippen molar-refractivity contribution in [2.75, 3.05) is 27.7 Å². The van der Waals surface area contributed by atoms with Crippen LogP contribution in [0.1, 0.15) is 39.0 Å². The number of carboxylic acids is 1. The molecule has 5 nitrogen and oxygen atoms in total. The Morgan fingerprint density at radius 3 is 2.27 bits per heavy atom. The molecule has 22 heavy (non-hydrogen) atoms. The predicted octanol–water partition coefficient (Wildman–Crippen LogP) is 2.16. The Hall–Kier alpha value is -1.46. The van der Waals surface area contributed by atoms with Gasteiger partial charge in [-0.25, -0.2) is 0 Å². The average molecular weight is 312 g/mol. The van der Waals surface area contributed by atoms with E-state index >= 15 is 0 Å². The van der Waals surface area contributed by atoms with E-state index in [4.69, 9.17) is 5.11 Å². The third-order valence-corrected chi connectivity index (χ3v) is 3.11. The van der Waals surface area contributed by atoms with Crippen molar-refractivity contribution in [3.63, 3.8) is 0 Å². The maximum absolute atomic E-state index is 12.2. The summed E-state index contributed by atoms with van der Waals surface area (Å²) in [5, 5.41) is 19.4. The van der Waals surface area contributed by atoms with Crippen LogP contribution in [0.4, 0.5) is 0 Å². The van der Waals surface area contributed by atoms with Crippen LogP contribution >= 0.6 is 0 Å². The first-order chi connectivity index (χ1) is 10.1. The van der Waals surface area contributed by atoms with E-state index in [1.54, 1.807) is 33.3 Å². The van der Waals surface area contributed by atoms with Gasteiger partial charge in [0.25, 0.3) is 0 Å². The molecule has 0 aromatic heterocycles. The van der Waals surface area contributed by atoms with Crippen LogP contribution in [0.2, 0.25) is 0 Å². The van der Waals surface area contributed by atoms with Gasteiger partial charge in [0.1, 0.15) is 6.54 Å². The second-order valence-corrected chi connectivity index (χ2v) is 6.70. The molecule has 0 radical (unpaired) electrons. The molecule has 126 valence electrons. The molecule has 0 fully saturated rings. The van der Waals surface area contributed by atoms with E-state index in [-0.39, 0.29) is 6.54 Å². The molecular weight excluding hydrogens is 282 g/mol. The number of unbranched alkanes of at least 4 members (excludes halogenated alkanes) is 3. The monoisotopic (exact) mass is 312 g/mol. The first kappa shape index (κ1) is 20.5. The minimum atomic E-state index is -1.88. The fourth-order valence-electron chi connectivity index (χ4n) is 2.24. The minimum Gasteiger partial charge on any atom is -0.481 e. The zero-order chi connectivity index (χ0) is 17.2. The number of nitrogens with zero attached hydrogens (tertiary/aromatic N) is 1. The highest BCUT2D eigenvalue weighted by atomic mass is 16.4. The van der Waals surface area contributed by atoms with Crippen molar-refractivity contribution >= 4 is 11.8 Å². The Balaban J connectivity index is 4.73. The summed E-state index contributed by atoms with van der Waals surface area (Å²) >= 11 is 0. The number of rotatable bonds is 11. The second-order valence-electron chi connectivity index (χ2n) is 6.70. The number of aliphatic carboxylic acids is 1. The summed E-state index contributed by atoms with van der Waals surface area (Å²) in [5.41, 5.74) is -1.88. The smallest absolute Gasteiger partial charge is 0.307 e. The Morgan fingerprint density at radius 2 is 1.77 bits per heavy atom.